The van der Waals surface area contributed by atoms with E-state index in [1.807, 2.05) is 24.3 Å². The molecule has 1 aromatic rings. The highest BCUT2D eigenvalue weighted by molar-refractivity contribution is 7.91. The summed E-state index contributed by atoms with van der Waals surface area (Å²) in [4.78, 5) is 0. The molecule has 0 aliphatic heterocycles. The van der Waals surface area contributed by atoms with Crippen molar-refractivity contribution in [3.8, 4) is 5.75 Å². The van der Waals surface area contributed by atoms with Crippen LogP contribution in [0.3, 0.4) is 0 Å². The molecule has 0 unspecified atom stereocenters. The van der Waals surface area contributed by atoms with Gasteiger partial charge in [0.05, 0.1) is 18.1 Å². The van der Waals surface area contributed by atoms with Crippen molar-refractivity contribution in [2.45, 2.75) is 39.2 Å². The summed E-state index contributed by atoms with van der Waals surface area (Å²) in [5, 5.41) is 0. The van der Waals surface area contributed by atoms with Crippen molar-refractivity contribution in [2.75, 3.05) is 18.1 Å². The lowest BCUT2D eigenvalue weighted by molar-refractivity contribution is 0.317. The number of sulfone groups is 1. The smallest absolute Gasteiger partial charge is 0.150 e. The molecule has 0 radical (unpaired) electrons. The molecule has 2 N–H and O–H groups in total. The average Bonchev–Trinajstić information content (AvgIpc) is 2.44. The minimum atomic E-state index is -2.92. The van der Waals surface area contributed by atoms with E-state index in [-0.39, 0.29) is 5.75 Å². The van der Waals surface area contributed by atoms with Gasteiger partial charge in [0.25, 0.3) is 0 Å². The van der Waals surface area contributed by atoms with Gasteiger partial charge >= 0.3 is 0 Å². The van der Waals surface area contributed by atoms with Gasteiger partial charge in [-0.3, -0.25) is 0 Å². The van der Waals surface area contributed by atoms with Crippen LogP contribution in [0, 0.1) is 0 Å². The van der Waals surface area contributed by atoms with Crippen LogP contribution in [0.25, 0.3) is 0 Å². The van der Waals surface area contributed by atoms with Crippen LogP contribution in [0.1, 0.15) is 38.2 Å². The van der Waals surface area contributed by atoms with Crippen LogP contribution in [0.15, 0.2) is 24.3 Å². The normalized spacial score (nSPS) is 11.5. The van der Waals surface area contributed by atoms with Gasteiger partial charge in [0.2, 0.25) is 0 Å². The van der Waals surface area contributed by atoms with E-state index < -0.39 is 9.84 Å². The van der Waals surface area contributed by atoms with Gasteiger partial charge in [-0.1, -0.05) is 31.9 Å². The van der Waals surface area contributed by atoms with Gasteiger partial charge in [-0.2, -0.15) is 0 Å². The van der Waals surface area contributed by atoms with Crippen molar-refractivity contribution in [3.05, 3.63) is 29.8 Å². The summed E-state index contributed by atoms with van der Waals surface area (Å²) in [6, 6.07) is 7.55. The van der Waals surface area contributed by atoms with Crippen LogP contribution < -0.4 is 10.5 Å². The third-order valence-corrected chi connectivity index (χ3v) is 4.91. The average molecular weight is 299 g/mol. The SMILES string of the molecule is CCCCCS(=O)(=O)CCCOc1ccc(CN)cc1. The van der Waals surface area contributed by atoms with Gasteiger partial charge in [0, 0.05) is 6.54 Å². The third-order valence-electron chi connectivity index (χ3n) is 3.09. The zero-order valence-corrected chi connectivity index (χ0v) is 13.0. The molecular weight excluding hydrogens is 274 g/mol. The van der Waals surface area contributed by atoms with Crippen LogP contribution >= 0.6 is 0 Å². The largest absolute Gasteiger partial charge is 0.494 e. The molecule has 0 heterocycles. The molecule has 1 rings (SSSR count). The van der Waals surface area contributed by atoms with Crippen LogP contribution in [-0.2, 0) is 16.4 Å². The quantitative estimate of drug-likeness (QED) is 0.674. The Morgan fingerprint density at radius 2 is 1.70 bits per heavy atom. The Hall–Kier alpha value is -1.07. The maximum atomic E-state index is 11.7. The first-order chi connectivity index (χ1) is 9.57. The number of ether oxygens (including phenoxy) is 1. The van der Waals surface area contributed by atoms with Crippen molar-refractivity contribution < 1.29 is 13.2 Å². The molecular formula is C15H25NO3S. The minimum Gasteiger partial charge on any atom is -0.494 e. The van der Waals surface area contributed by atoms with Crippen LogP contribution in [0.5, 0.6) is 5.75 Å². The van der Waals surface area contributed by atoms with Crippen LogP contribution in [-0.4, -0.2) is 26.5 Å². The third kappa shape index (κ3) is 6.91. The summed E-state index contributed by atoms with van der Waals surface area (Å²) >= 11 is 0. The Kier molecular flexibility index (Phi) is 7.62. The summed E-state index contributed by atoms with van der Waals surface area (Å²) in [7, 11) is -2.92. The summed E-state index contributed by atoms with van der Waals surface area (Å²) in [5.74, 6) is 1.26. The topological polar surface area (TPSA) is 69.4 Å². The van der Waals surface area contributed by atoms with Crippen molar-refractivity contribution in [1.82, 2.24) is 0 Å². The molecule has 20 heavy (non-hydrogen) atoms. The molecule has 0 bridgehead atoms. The van der Waals surface area contributed by atoms with E-state index in [1.165, 1.54) is 0 Å². The molecule has 0 aromatic heterocycles. The van der Waals surface area contributed by atoms with Crippen molar-refractivity contribution in [1.29, 1.82) is 0 Å². The van der Waals surface area contributed by atoms with Crippen LogP contribution in [0.2, 0.25) is 0 Å². The molecule has 1 aromatic carbocycles. The molecule has 0 aliphatic rings. The lowest BCUT2D eigenvalue weighted by Crippen LogP contribution is -2.13. The lowest BCUT2D eigenvalue weighted by Gasteiger charge is -2.07. The van der Waals surface area contributed by atoms with Crippen molar-refractivity contribution >= 4 is 9.84 Å². The highest BCUT2D eigenvalue weighted by Crippen LogP contribution is 2.12. The fourth-order valence-electron chi connectivity index (χ4n) is 1.86. The molecule has 0 saturated carbocycles. The number of nitrogens with two attached hydrogens (primary N) is 1. The molecule has 0 amide bonds. The highest BCUT2D eigenvalue weighted by Gasteiger charge is 2.09. The molecule has 0 atom stereocenters. The standard InChI is InChI=1S/C15H25NO3S/c1-2-3-4-11-20(17,18)12-5-10-19-15-8-6-14(13-16)7-9-15/h6-9H,2-5,10-13,16H2,1H3. The zero-order chi connectivity index (χ0) is 14.8. The van der Waals surface area contributed by atoms with Crippen LogP contribution in [0.4, 0.5) is 0 Å². The van der Waals surface area contributed by atoms with Gasteiger partial charge in [-0.05, 0) is 30.5 Å². The molecule has 114 valence electrons. The summed E-state index contributed by atoms with van der Waals surface area (Å²) < 4.78 is 29.0. The Labute approximate surface area is 122 Å². The van der Waals surface area contributed by atoms with Gasteiger partial charge in [-0.15, -0.1) is 0 Å². The molecule has 0 aliphatic carbocycles. The molecule has 0 spiro atoms. The van der Waals surface area contributed by atoms with Gasteiger partial charge in [0.1, 0.15) is 15.6 Å². The predicted octanol–water partition coefficient (Wildman–Crippen LogP) is 2.52. The first-order valence-corrected chi connectivity index (χ1v) is 9.02. The second-order valence-electron chi connectivity index (χ2n) is 4.91. The monoisotopic (exact) mass is 299 g/mol. The summed E-state index contributed by atoms with van der Waals surface area (Å²) in [5.41, 5.74) is 6.56. The molecule has 0 saturated heterocycles. The maximum Gasteiger partial charge on any atom is 0.150 e. The fourth-order valence-corrected chi connectivity index (χ4v) is 3.27. The Bertz CT molecular complexity index is 468. The lowest BCUT2D eigenvalue weighted by atomic mass is 10.2. The van der Waals surface area contributed by atoms with Gasteiger partial charge in [-0.25, -0.2) is 8.42 Å². The number of rotatable bonds is 10. The number of benzene rings is 1. The number of hydrogen-bond acceptors (Lipinski definition) is 4. The van der Waals surface area contributed by atoms with E-state index >= 15 is 0 Å². The Morgan fingerprint density at radius 3 is 2.30 bits per heavy atom. The Morgan fingerprint density at radius 1 is 1.05 bits per heavy atom. The van der Waals surface area contributed by atoms with E-state index in [1.54, 1.807) is 0 Å². The van der Waals surface area contributed by atoms with E-state index in [2.05, 4.69) is 6.92 Å². The minimum absolute atomic E-state index is 0.206. The fraction of sp³-hybridized carbons (Fsp3) is 0.600. The number of unbranched alkanes of at least 4 members (excludes halogenated alkanes) is 2. The molecule has 5 heteroatoms. The number of hydrogen-bond donors (Lipinski definition) is 1. The molecule has 0 fully saturated rings. The van der Waals surface area contributed by atoms with E-state index in [4.69, 9.17) is 10.5 Å². The first kappa shape index (κ1) is 17.0. The van der Waals surface area contributed by atoms with Crippen molar-refractivity contribution in [3.63, 3.8) is 0 Å². The zero-order valence-electron chi connectivity index (χ0n) is 12.2. The highest BCUT2D eigenvalue weighted by atomic mass is 32.2. The predicted molar refractivity (Wildman–Crippen MR) is 82.6 cm³/mol. The van der Waals surface area contributed by atoms with Gasteiger partial charge in [0.15, 0.2) is 0 Å². The summed E-state index contributed by atoms with van der Waals surface area (Å²) in [6.45, 7) is 3.00. The van der Waals surface area contributed by atoms with Crippen molar-refractivity contribution in [2.24, 2.45) is 5.73 Å². The molecule has 4 nitrogen and oxygen atoms in total. The first-order valence-electron chi connectivity index (χ1n) is 7.19. The van der Waals surface area contributed by atoms with Gasteiger partial charge < -0.3 is 10.5 Å². The second-order valence-corrected chi connectivity index (χ2v) is 7.21. The second kappa shape index (κ2) is 8.97. The van der Waals surface area contributed by atoms with E-state index in [9.17, 15) is 8.42 Å². The maximum absolute atomic E-state index is 11.7. The Balaban J connectivity index is 2.23. The van der Waals surface area contributed by atoms with E-state index in [0.717, 1.165) is 30.6 Å². The van der Waals surface area contributed by atoms with E-state index in [0.29, 0.717) is 25.3 Å². The summed E-state index contributed by atoms with van der Waals surface area (Å²) in [6.07, 6.45) is 3.31.